The molecular weight excluding hydrogens is 239 g/mol. The number of rotatable bonds is 6. The largest absolute Gasteiger partial charge is 0.389 e. The molecule has 1 atom stereocenters. The molecule has 5 nitrogen and oxygen atoms in total. The standard InChI is InChI=1S/C12H17FN2O3/c1-18-8-11(16)7-15-12(17)14-6-9-3-2-4-10(13)5-9/h2-5,11,16H,6-8H2,1H3,(H2,14,15,17). The van der Waals surface area contributed by atoms with Crippen LogP contribution in [0.25, 0.3) is 0 Å². The average molecular weight is 256 g/mol. The number of hydrogen-bond acceptors (Lipinski definition) is 3. The van der Waals surface area contributed by atoms with Crippen LogP contribution in [0, 0.1) is 5.82 Å². The lowest BCUT2D eigenvalue weighted by molar-refractivity contribution is 0.0660. The SMILES string of the molecule is COCC(O)CNC(=O)NCc1cccc(F)c1. The normalized spacial score (nSPS) is 11.9. The van der Waals surface area contributed by atoms with E-state index in [0.29, 0.717) is 5.56 Å². The monoisotopic (exact) mass is 256 g/mol. The van der Waals surface area contributed by atoms with E-state index in [9.17, 15) is 14.3 Å². The number of halogens is 1. The molecule has 0 radical (unpaired) electrons. The smallest absolute Gasteiger partial charge is 0.315 e. The Morgan fingerprint density at radius 1 is 1.50 bits per heavy atom. The van der Waals surface area contributed by atoms with E-state index in [1.807, 2.05) is 0 Å². The highest BCUT2D eigenvalue weighted by Crippen LogP contribution is 2.02. The van der Waals surface area contributed by atoms with Gasteiger partial charge in [-0.1, -0.05) is 12.1 Å². The third-order valence-corrected chi connectivity index (χ3v) is 2.20. The summed E-state index contributed by atoms with van der Waals surface area (Å²) in [6.07, 6.45) is -0.741. The van der Waals surface area contributed by atoms with Crippen molar-refractivity contribution >= 4 is 6.03 Å². The zero-order valence-corrected chi connectivity index (χ0v) is 10.1. The molecule has 0 saturated carbocycles. The summed E-state index contributed by atoms with van der Waals surface area (Å²) in [5, 5.41) is 14.3. The molecular formula is C12H17FN2O3. The Kier molecular flexibility index (Phi) is 6.10. The fourth-order valence-electron chi connectivity index (χ4n) is 1.35. The van der Waals surface area contributed by atoms with Crippen LogP contribution >= 0.6 is 0 Å². The molecule has 0 saturated heterocycles. The molecule has 3 N–H and O–H groups in total. The van der Waals surface area contributed by atoms with Crippen LogP contribution in [0.3, 0.4) is 0 Å². The van der Waals surface area contributed by atoms with Crippen molar-refractivity contribution in [1.29, 1.82) is 0 Å². The summed E-state index contributed by atoms with van der Waals surface area (Å²) in [5.74, 6) is -0.342. The van der Waals surface area contributed by atoms with Crippen LogP contribution < -0.4 is 10.6 Å². The van der Waals surface area contributed by atoms with Gasteiger partial charge in [-0.05, 0) is 17.7 Å². The maximum atomic E-state index is 12.9. The zero-order chi connectivity index (χ0) is 13.4. The van der Waals surface area contributed by atoms with Gasteiger partial charge in [0.2, 0.25) is 0 Å². The van der Waals surface area contributed by atoms with Gasteiger partial charge < -0.3 is 20.5 Å². The van der Waals surface area contributed by atoms with Crippen LogP contribution in [0.1, 0.15) is 5.56 Å². The van der Waals surface area contributed by atoms with Crippen LogP contribution in [0.15, 0.2) is 24.3 Å². The third-order valence-electron chi connectivity index (χ3n) is 2.20. The van der Waals surface area contributed by atoms with E-state index in [1.165, 1.54) is 19.2 Å². The Labute approximate surface area is 105 Å². The van der Waals surface area contributed by atoms with Gasteiger partial charge in [0.15, 0.2) is 0 Å². The van der Waals surface area contributed by atoms with Gasteiger partial charge in [0, 0.05) is 20.2 Å². The molecule has 0 spiro atoms. The van der Waals surface area contributed by atoms with Crippen molar-refractivity contribution in [3.05, 3.63) is 35.6 Å². The lowest BCUT2D eigenvalue weighted by Gasteiger charge is -2.11. The second kappa shape index (κ2) is 7.62. The van der Waals surface area contributed by atoms with E-state index in [1.54, 1.807) is 12.1 Å². The molecule has 0 bridgehead atoms. The van der Waals surface area contributed by atoms with Gasteiger partial charge in [-0.2, -0.15) is 0 Å². The van der Waals surface area contributed by atoms with Crippen LogP contribution in [-0.4, -0.2) is 37.5 Å². The molecule has 18 heavy (non-hydrogen) atoms. The minimum Gasteiger partial charge on any atom is -0.389 e. The summed E-state index contributed by atoms with van der Waals surface area (Å²) in [6, 6.07) is 5.55. The van der Waals surface area contributed by atoms with Gasteiger partial charge in [0.05, 0.1) is 12.7 Å². The molecule has 1 rings (SSSR count). The first-order chi connectivity index (χ1) is 8.61. The Morgan fingerprint density at radius 2 is 2.28 bits per heavy atom. The molecule has 100 valence electrons. The first-order valence-electron chi connectivity index (χ1n) is 5.55. The summed E-state index contributed by atoms with van der Waals surface area (Å²) in [4.78, 5) is 11.3. The Bertz CT molecular complexity index is 387. The summed E-state index contributed by atoms with van der Waals surface area (Å²) >= 11 is 0. The Hall–Kier alpha value is -1.66. The highest BCUT2D eigenvalue weighted by Gasteiger charge is 2.06. The van der Waals surface area contributed by atoms with Crippen molar-refractivity contribution in [2.45, 2.75) is 12.6 Å². The van der Waals surface area contributed by atoms with Crippen LogP contribution in [0.2, 0.25) is 0 Å². The number of aliphatic hydroxyl groups excluding tert-OH is 1. The second-order valence-corrected chi connectivity index (χ2v) is 3.80. The maximum absolute atomic E-state index is 12.9. The molecule has 0 fully saturated rings. The molecule has 2 amide bonds. The van der Waals surface area contributed by atoms with Crippen molar-refractivity contribution in [3.8, 4) is 0 Å². The van der Waals surface area contributed by atoms with Gasteiger partial charge >= 0.3 is 6.03 Å². The Morgan fingerprint density at radius 3 is 2.94 bits per heavy atom. The topological polar surface area (TPSA) is 70.6 Å². The highest BCUT2D eigenvalue weighted by molar-refractivity contribution is 5.73. The maximum Gasteiger partial charge on any atom is 0.315 e. The molecule has 0 aliphatic rings. The van der Waals surface area contributed by atoms with Crippen LogP contribution in [-0.2, 0) is 11.3 Å². The van der Waals surface area contributed by atoms with Crippen molar-refractivity contribution < 1.29 is 19.0 Å². The number of methoxy groups -OCH3 is 1. The first-order valence-corrected chi connectivity index (χ1v) is 5.55. The number of aliphatic hydroxyl groups is 1. The minimum absolute atomic E-state index is 0.100. The summed E-state index contributed by atoms with van der Waals surface area (Å²) in [5.41, 5.74) is 0.669. The fraction of sp³-hybridized carbons (Fsp3) is 0.417. The van der Waals surface area contributed by atoms with Crippen LogP contribution in [0.5, 0.6) is 0 Å². The molecule has 0 aliphatic carbocycles. The number of amides is 2. The fourth-order valence-corrected chi connectivity index (χ4v) is 1.35. The average Bonchev–Trinajstić information content (AvgIpc) is 2.34. The van der Waals surface area contributed by atoms with Gasteiger partial charge in [-0.25, -0.2) is 9.18 Å². The molecule has 6 heteroatoms. The van der Waals surface area contributed by atoms with Gasteiger partial charge in [-0.3, -0.25) is 0 Å². The van der Waals surface area contributed by atoms with E-state index in [-0.39, 0.29) is 25.5 Å². The second-order valence-electron chi connectivity index (χ2n) is 3.80. The summed E-state index contributed by atoms with van der Waals surface area (Å²) < 4.78 is 17.6. The Balaban J connectivity index is 2.25. The molecule has 1 aromatic rings. The number of benzene rings is 1. The predicted octanol–water partition coefficient (Wildman–Crippen LogP) is 0.632. The number of carbonyl (C=O) groups is 1. The minimum atomic E-state index is -0.741. The van der Waals surface area contributed by atoms with E-state index >= 15 is 0 Å². The van der Waals surface area contributed by atoms with Gasteiger partial charge in [0.1, 0.15) is 5.82 Å². The first kappa shape index (κ1) is 14.4. The molecule has 0 aromatic heterocycles. The molecule has 0 aliphatic heterocycles. The number of carbonyl (C=O) groups excluding carboxylic acids is 1. The zero-order valence-electron chi connectivity index (χ0n) is 10.1. The summed E-state index contributed by atoms with van der Waals surface area (Å²) in [7, 11) is 1.47. The number of nitrogens with one attached hydrogen (secondary N) is 2. The van der Waals surface area contributed by atoms with Gasteiger partial charge in [0.25, 0.3) is 0 Å². The lowest BCUT2D eigenvalue weighted by atomic mass is 10.2. The molecule has 0 heterocycles. The van der Waals surface area contributed by atoms with Gasteiger partial charge in [-0.15, -0.1) is 0 Å². The van der Waals surface area contributed by atoms with E-state index < -0.39 is 12.1 Å². The molecule has 1 unspecified atom stereocenters. The van der Waals surface area contributed by atoms with Crippen molar-refractivity contribution in [2.75, 3.05) is 20.3 Å². The van der Waals surface area contributed by atoms with E-state index in [0.717, 1.165) is 0 Å². The highest BCUT2D eigenvalue weighted by atomic mass is 19.1. The van der Waals surface area contributed by atoms with Crippen molar-refractivity contribution in [3.63, 3.8) is 0 Å². The van der Waals surface area contributed by atoms with E-state index in [2.05, 4.69) is 10.6 Å². The lowest BCUT2D eigenvalue weighted by Crippen LogP contribution is -2.40. The third kappa shape index (κ3) is 5.60. The number of hydrogen-bond donors (Lipinski definition) is 3. The quantitative estimate of drug-likeness (QED) is 0.699. The van der Waals surface area contributed by atoms with Crippen molar-refractivity contribution in [1.82, 2.24) is 10.6 Å². The predicted molar refractivity (Wildman–Crippen MR) is 64.5 cm³/mol. The molecule has 1 aromatic carbocycles. The van der Waals surface area contributed by atoms with E-state index in [4.69, 9.17) is 4.74 Å². The van der Waals surface area contributed by atoms with Crippen LogP contribution in [0.4, 0.5) is 9.18 Å². The van der Waals surface area contributed by atoms with Crippen molar-refractivity contribution in [2.24, 2.45) is 0 Å². The summed E-state index contributed by atoms with van der Waals surface area (Å²) in [6.45, 7) is 0.483. The number of ether oxygens (including phenoxy) is 1. The number of urea groups is 1.